The Morgan fingerprint density at radius 3 is 2.63 bits per heavy atom. The van der Waals surface area contributed by atoms with E-state index in [9.17, 15) is 4.79 Å². The van der Waals surface area contributed by atoms with Gasteiger partial charge in [-0.1, -0.05) is 50.2 Å². The van der Waals surface area contributed by atoms with E-state index in [4.69, 9.17) is 0 Å². The average molecular weight is 354 g/mol. The van der Waals surface area contributed by atoms with Gasteiger partial charge in [-0.3, -0.25) is 9.78 Å². The molecule has 0 saturated heterocycles. The summed E-state index contributed by atoms with van der Waals surface area (Å²) in [6, 6.07) is 18.7. The number of fused-ring (bicyclic) bond motifs is 3. The average Bonchev–Trinajstić information content (AvgIpc) is 2.66. The molecule has 3 aromatic rings. The van der Waals surface area contributed by atoms with Crippen LogP contribution in [0.5, 0.6) is 0 Å². The van der Waals surface area contributed by atoms with Crippen LogP contribution in [-0.2, 0) is 4.79 Å². The van der Waals surface area contributed by atoms with E-state index in [1.807, 2.05) is 24.4 Å². The van der Waals surface area contributed by atoms with E-state index in [2.05, 4.69) is 60.5 Å². The Bertz CT molecular complexity index is 1100. The summed E-state index contributed by atoms with van der Waals surface area (Å²) < 4.78 is 0. The predicted molar refractivity (Wildman–Crippen MR) is 109 cm³/mol. The number of hydrogen-bond acceptors (Lipinski definition) is 3. The van der Waals surface area contributed by atoms with Gasteiger partial charge in [-0.2, -0.15) is 0 Å². The molecule has 1 aliphatic heterocycles. The molecule has 1 aliphatic carbocycles. The summed E-state index contributed by atoms with van der Waals surface area (Å²) in [5.41, 5.74) is 5.14. The topological polar surface area (TPSA) is 42.0 Å². The highest BCUT2D eigenvalue weighted by atomic mass is 16.1. The van der Waals surface area contributed by atoms with Gasteiger partial charge < -0.3 is 5.32 Å². The summed E-state index contributed by atoms with van der Waals surface area (Å²) >= 11 is 0. The van der Waals surface area contributed by atoms with Crippen LogP contribution in [0.2, 0.25) is 0 Å². The summed E-state index contributed by atoms with van der Waals surface area (Å²) in [6.45, 7) is 4.34. The molecule has 3 heteroatoms. The quantitative estimate of drug-likeness (QED) is 0.633. The van der Waals surface area contributed by atoms with E-state index < -0.39 is 0 Å². The van der Waals surface area contributed by atoms with Crippen molar-refractivity contribution in [2.75, 3.05) is 5.32 Å². The van der Waals surface area contributed by atoms with Gasteiger partial charge in [0.2, 0.25) is 0 Å². The zero-order valence-electron chi connectivity index (χ0n) is 15.6. The second-order valence-electron chi connectivity index (χ2n) is 8.39. The molecule has 2 heterocycles. The first-order chi connectivity index (χ1) is 13.0. The maximum Gasteiger partial charge on any atom is 0.162 e. The molecule has 0 spiro atoms. The number of pyridine rings is 1. The van der Waals surface area contributed by atoms with Gasteiger partial charge in [0.15, 0.2) is 5.78 Å². The van der Waals surface area contributed by atoms with Crippen molar-refractivity contribution in [3.05, 3.63) is 83.3 Å². The summed E-state index contributed by atoms with van der Waals surface area (Å²) in [6.07, 6.45) is 3.28. The molecule has 0 amide bonds. The van der Waals surface area contributed by atoms with Gasteiger partial charge in [-0.15, -0.1) is 0 Å². The van der Waals surface area contributed by atoms with Gasteiger partial charge in [0.25, 0.3) is 0 Å². The van der Waals surface area contributed by atoms with Crippen molar-refractivity contribution in [2.24, 2.45) is 5.41 Å². The van der Waals surface area contributed by atoms with Crippen LogP contribution in [-0.4, -0.2) is 10.8 Å². The van der Waals surface area contributed by atoms with Gasteiger partial charge in [-0.05, 0) is 46.4 Å². The number of nitrogens with zero attached hydrogens (tertiary/aromatic N) is 1. The van der Waals surface area contributed by atoms with Crippen LogP contribution in [0.15, 0.2) is 72.1 Å². The third kappa shape index (κ3) is 2.57. The molecule has 0 bridgehead atoms. The first-order valence-corrected chi connectivity index (χ1v) is 9.49. The number of nitrogens with one attached hydrogen (secondary N) is 1. The highest BCUT2D eigenvalue weighted by Gasteiger charge is 2.41. The SMILES string of the molecule is CC1(C)CC(=O)C2=C(C1)Nc1ccc3ccccc3c1[C@H]2c1ccccn1. The molecule has 0 fully saturated rings. The number of carbonyl (C=O) groups excluding carboxylic acids is 1. The van der Waals surface area contributed by atoms with Crippen LogP contribution >= 0.6 is 0 Å². The maximum absolute atomic E-state index is 13.2. The highest BCUT2D eigenvalue weighted by Crippen LogP contribution is 2.50. The molecule has 1 N–H and O–H groups in total. The standard InChI is InChI=1S/C24H22N2O/c1-24(2)13-19-22(20(27)14-24)23(17-9-5-6-12-25-17)21-16-8-4-3-7-15(16)10-11-18(21)26-19/h3-12,23,26H,13-14H2,1-2H3/t23-/m1/s1. The zero-order valence-corrected chi connectivity index (χ0v) is 15.6. The summed E-state index contributed by atoms with van der Waals surface area (Å²) in [7, 11) is 0. The lowest BCUT2D eigenvalue weighted by Crippen LogP contribution is -2.34. The summed E-state index contributed by atoms with van der Waals surface area (Å²) in [5, 5.41) is 5.98. The second kappa shape index (κ2) is 5.78. The lowest BCUT2D eigenvalue weighted by Gasteiger charge is -2.39. The minimum absolute atomic E-state index is 0.0219. The second-order valence-corrected chi connectivity index (χ2v) is 8.39. The van der Waals surface area contributed by atoms with Gasteiger partial charge in [0.1, 0.15) is 0 Å². The molecule has 1 atom stereocenters. The Kier molecular flexibility index (Phi) is 3.48. The van der Waals surface area contributed by atoms with Crippen LogP contribution in [0.3, 0.4) is 0 Å². The minimum Gasteiger partial charge on any atom is -0.358 e. The van der Waals surface area contributed by atoms with Gasteiger partial charge in [0.05, 0.1) is 11.6 Å². The number of Topliss-reactive ketones (excluding diaryl/α,β-unsaturated/α-hetero) is 1. The van der Waals surface area contributed by atoms with Crippen molar-refractivity contribution in [3.63, 3.8) is 0 Å². The number of allylic oxidation sites excluding steroid dienone is 2. The molecular weight excluding hydrogens is 332 g/mol. The third-order valence-electron chi connectivity index (χ3n) is 5.74. The number of ketones is 1. The number of anilines is 1. The van der Waals surface area contributed by atoms with Crippen LogP contribution in [0.1, 0.15) is 43.9 Å². The van der Waals surface area contributed by atoms with E-state index in [1.54, 1.807) is 0 Å². The molecule has 1 aromatic heterocycles. The van der Waals surface area contributed by atoms with Crippen LogP contribution in [0, 0.1) is 5.41 Å². The zero-order chi connectivity index (χ0) is 18.6. The molecule has 0 radical (unpaired) electrons. The Labute approximate surface area is 159 Å². The number of hydrogen-bond donors (Lipinski definition) is 1. The van der Waals surface area contributed by atoms with E-state index in [1.165, 1.54) is 16.3 Å². The van der Waals surface area contributed by atoms with E-state index >= 15 is 0 Å². The van der Waals surface area contributed by atoms with Crippen molar-refractivity contribution in [1.29, 1.82) is 0 Å². The normalized spacial score (nSPS) is 20.8. The van der Waals surface area contributed by atoms with Crippen molar-refractivity contribution in [3.8, 4) is 0 Å². The van der Waals surface area contributed by atoms with Crippen molar-refractivity contribution in [2.45, 2.75) is 32.6 Å². The Morgan fingerprint density at radius 2 is 1.81 bits per heavy atom. The molecule has 5 rings (SSSR count). The Hall–Kier alpha value is -2.94. The molecular formula is C24H22N2O. The van der Waals surface area contributed by atoms with Crippen molar-refractivity contribution in [1.82, 2.24) is 4.98 Å². The largest absolute Gasteiger partial charge is 0.358 e. The monoisotopic (exact) mass is 354 g/mol. The first-order valence-electron chi connectivity index (χ1n) is 9.49. The number of benzene rings is 2. The summed E-state index contributed by atoms with van der Waals surface area (Å²) in [4.78, 5) is 17.9. The molecule has 2 aromatic carbocycles. The highest BCUT2D eigenvalue weighted by molar-refractivity contribution is 6.04. The van der Waals surface area contributed by atoms with Crippen LogP contribution in [0.25, 0.3) is 10.8 Å². The minimum atomic E-state index is -0.118. The smallest absolute Gasteiger partial charge is 0.162 e. The van der Waals surface area contributed by atoms with Gasteiger partial charge in [-0.25, -0.2) is 0 Å². The molecule has 0 saturated carbocycles. The van der Waals surface area contributed by atoms with E-state index in [0.29, 0.717) is 6.42 Å². The number of rotatable bonds is 1. The Morgan fingerprint density at radius 1 is 1.00 bits per heavy atom. The molecule has 134 valence electrons. The third-order valence-corrected chi connectivity index (χ3v) is 5.74. The van der Waals surface area contributed by atoms with Crippen LogP contribution in [0.4, 0.5) is 5.69 Å². The molecule has 2 aliphatic rings. The number of aromatic nitrogens is 1. The fourth-order valence-corrected chi connectivity index (χ4v) is 4.65. The Balaban J connectivity index is 1.82. The lowest BCUT2D eigenvalue weighted by atomic mass is 9.69. The van der Waals surface area contributed by atoms with Crippen molar-refractivity contribution < 1.29 is 4.79 Å². The molecule has 27 heavy (non-hydrogen) atoms. The molecule has 3 nitrogen and oxygen atoms in total. The lowest BCUT2D eigenvalue weighted by molar-refractivity contribution is -0.118. The fourth-order valence-electron chi connectivity index (χ4n) is 4.65. The van der Waals surface area contributed by atoms with E-state index in [0.717, 1.165) is 29.1 Å². The fraction of sp³-hybridized carbons (Fsp3) is 0.250. The maximum atomic E-state index is 13.2. The number of carbonyl (C=O) groups is 1. The van der Waals surface area contributed by atoms with Crippen LogP contribution < -0.4 is 5.32 Å². The predicted octanol–water partition coefficient (Wildman–Crippen LogP) is 5.44. The van der Waals surface area contributed by atoms with E-state index in [-0.39, 0.29) is 17.1 Å². The van der Waals surface area contributed by atoms with Crippen molar-refractivity contribution >= 4 is 22.2 Å². The first kappa shape index (κ1) is 16.2. The molecule has 0 unspecified atom stereocenters. The van der Waals surface area contributed by atoms with Gasteiger partial charge in [0, 0.05) is 29.6 Å². The van der Waals surface area contributed by atoms with Gasteiger partial charge >= 0.3 is 0 Å². The summed E-state index contributed by atoms with van der Waals surface area (Å²) in [5.74, 6) is 0.120.